The van der Waals surface area contributed by atoms with Gasteiger partial charge in [-0.2, -0.15) is 0 Å². The van der Waals surface area contributed by atoms with Gasteiger partial charge in [0.05, 0.1) is 12.1 Å². The van der Waals surface area contributed by atoms with Gasteiger partial charge in [-0.3, -0.25) is 9.59 Å². The van der Waals surface area contributed by atoms with Gasteiger partial charge in [0, 0.05) is 11.7 Å². The molecule has 30 heavy (non-hydrogen) atoms. The van der Waals surface area contributed by atoms with Crippen LogP contribution < -0.4 is 10.2 Å². The summed E-state index contributed by atoms with van der Waals surface area (Å²) in [5.74, 6) is -1.17. The number of imide groups is 1. The van der Waals surface area contributed by atoms with Gasteiger partial charge in [0.25, 0.3) is 5.91 Å². The number of halogens is 1. The summed E-state index contributed by atoms with van der Waals surface area (Å²) in [6.07, 6.45) is 3.53. The number of aryl methyl sites for hydroxylation is 1. The first-order valence-corrected chi connectivity index (χ1v) is 10.2. The molecule has 7 heteroatoms. The number of amides is 4. The van der Waals surface area contributed by atoms with E-state index in [9.17, 15) is 18.8 Å². The molecule has 1 aliphatic carbocycles. The van der Waals surface area contributed by atoms with Crippen LogP contribution >= 0.6 is 0 Å². The van der Waals surface area contributed by atoms with E-state index in [0.717, 1.165) is 31.2 Å². The van der Waals surface area contributed by atoms with Gasteiger partial charge in [-0.15, -0.1) is 0 Å². The predicted molar refractivity (Wildman–Crippen MR) is 112 cm³/mol. The van der Waals surface area contributed by atoms with Crippen LogP contribution in [-0.4, -0.2) is 34.8 Å². The fraction of sp³-hybridized carbons (Fsp3) is 0.348. The summed E-state index contributed by atoms with van der Waals surface area (Å²) >= 11 is 0. The van der Waals surface area contributed by atoms with Crippen molar-refractivity contribution in [2.45, 2.75) is 51.1 Å². The molecule has 0 radical (unpaired) electrons. The first kappa shape index (κ1) is 20.1. The molecule has 156 valence electrons. The van der Waals surface area contributed by atoms with E-state index >= 15 is 0 Å². The zero-order valence-corrected chi connectivity index (χ0v) is 16.8. The molecule has 4 rings (SSSR count). The number of hydrogen-bond donors (Lipinski definition) is 1. The summed E-state index contributed by atoms with van der Waals surface area (Å²) in [6, 6.07) is 11.4. The SMILES string of the molecule is Cc1cccc(N2C(=O)[C@@H](CC(=O)Nc3ccc(F)cc3)N(C3CCCC3)C2=O)c1. The number of carbonyl (C=O) groups is 3. The van der Waals surface area contributed by atoms with Crippen molar-refractivity contribution in [3.8, 4) is 0 Å². The largest absolute Gasteiger partial charge is 0.332 e. The number of rotatable bonds is 5. The average Bonchev–Trinajstić information content (AvgIpc) is 3.31. The normalized spacial score (nSPS) is 19.6. The molecule has 2 aromatic carbocycles. The predicted octanol–water partition coefficient (Wildman–Crippen LogP) is 4.24. The molecule has 0 unspecified atom stereocenters. The van der Waals surface area contributed by atoms with Gasteiger partial charge in [-0.25, -0.2) is 14.1 Å². The van der Waals surface area contributed by atoms with Gasteiger partial charge in [0.1, 0.15) is 11.9 Å². The maximum Gasteiger partial charge on any atom is 0.332 e. The van der Waals surface area contributed by atoms with Crippen LogP contribution in [0, 0.1) is 12.7 Å². The molecule has 1 N–H and O–H groups in total. The highest BCUT2D eigenvalue weighted by atomic mass is 19.1. The highest BCUT2D eigenvalue weighted by Crippen LogP contribution is 2.34. The third kappa shape index (κ3) is 3.92. The second-order valence-corrected chi connectivity index (χ2v) is 7.92. The molecule has 1 saturated heterocycles. The monoisotopic (exact) mass is 409 g/mol. The van der Waals surface area contributed by atoms with Crippen LogP contribution in [0.2, 0.25) is 0 Å². The van der Waals surface area contributed by atoms with Gasteiger partial charge in [-0.1, -0.05) is 25.0 Å². The Labute approximate surface area is 174 Å². The Balaban J connectivity index is 1.58. The average molecular weight is 409 g/mol. The summed E-state index contributed by atoms with van der Waals surface area (Å²) in [5.41, 5.74) is 1.91. The second kappa shape index (κ2) is 8.26. The number of hydrogen-bond acceptors (Lipinski definition) is 3. The van der Waals surface area contributed by atoms with Crippen molar-refractivity contribution in [3.63, 3.8) is 0 Å². The van der Waals surface area contributed by atoms with Crippen LogP contribution in [0.1, 0.15) is 37.7 Å². The molecular formula is C23H24FN3O3. The molecule has 1 aliphatic heterocycles. The molecule has 2 aliphatic rings. The Hall–Kier alpha value is -3.22. The van der Waals surface area contributed by atoms with E-state index < -0.39 is 11.9 Å². The summed E-state index contributed by atoms with van der Waals surface area (Å²) < 4.78 is 13.1. The summed E-state index contributed by atoms with van der Waals surface area (Å²) in [5, 5.41) is 2.69. The van der Waals surface area contributed by atoms with Crippen molar-refractivity contribution in [2.75, 3.05) is 10.2 Å². The first-order chi connectivity index (χ1) is 14.4. The van der Waals surface area contributed by atoms with Crippen molar-refractivity contribution in [1.82, 2.24) is 4.90 Å². The van der Waals surface area contributed by atoms with E-state index in [1.54, 1.807) is 23.1 Å². The third-order valence-electron chi connectivity index (χ3n) is 5.74. The lowest BCUT2D eigenvalue weighted by Gasteiger charge is -2.27. The molecule has 1 heterocycles. The standard InChI is InChI=1S/C23H24FN3O3/c1-15-5-4-8-19(13-15)27-22(29)20(26(23(27)30)18-6-2-3-7-18)14-21(28)25-17-11-9-16(24)10-12-17/h4-5,8-13,18,20H,2-3,6-7,14H2,1H3,(H,25,28)/t20-/m1/s1. The number of carbonyl (C=O) groups excluding carboxylic acids is 3. The van der Waals surface area contributed by atoms with Crippen LogP contribution in [0.4, 0.5) is 20.6 Å². The number of nitrogens with one attached hydrogen (secondary N) is 1. The van der Waals surface area contributed by atoms with Crippen LogP contribution in [0.3, 0.4) is 0 Å². The van der Waals surface area contributed by atoms with Crippen molar-refractivity contribution in [2.24, 2.45) is 0 Å². The van der Waals surface area contributed by atoms with Crippen LogP contribution in [0.5, 0.6) is 0 Å². The number of urea groups is 1. The third-order valence-corrected chi connectivity index (χ3v) is 5.74. The van der Waals surface area contributed by atoms with Crippen molar-refractivity contribution >= 4 is 29.2 Å². The van der Waals surface area contributed by atoms with Crippen molar-refractivity contribution in [1.29, 1.82) is 0 Å². The molecule has 2 fully saturated rings. The maximum atomic E-state index is 13.3. The lowest BCUT2D eigenvalue weighted by Crippen LogP contribution is -2.43. The summed E-state index contributed by atoms with van der Waals surface area (Å²) in [7, 11) is 0. The quantitative estimate of drug-likeness (QED) is 0.751. The molecule has 2 aromatic rings. The number of anilines is 2. The Morgan fingerprint density at radius 3 is 2.47 bits per heavy atom. The topological polar surface area (TPSA) is 69.7 Å². The minimum atomic E-state index is -0.846. The number of nitrogens with zero attached hydrogens (tertiary/aromatic N) is 2. The molecular weight excluding hydrogens is 385 g/mol. The van der Waals surface area contributed by atoms with E-state index in [1.165, 1.54) is 29.2 Å². The van der Waals surface area contributed by atoms with E-state index in [2.05, 4.69) is 5.32 Å². The summed E-state index contributed by atoms with van der Waals surface area (Å²) in [4.78, 5) is 42.0. The maximum absolute atomic E-state index is 13.3. The van der Waals surface area contributed by atoms with Gasteiger partial charge < -0.3 is 10.2 Å². The molecule has 1 atom stereocenters. The smallest absolute Gasteiger partial charge is 0.326 e. The zero-order valence-electron chi connectivity index (χ0n) is 16.8. The Kier molecular flexibility index (Phi) is 5.53. The Morgan fingerprint density at radius 1 is 1.10 bits per heavy atom. The van der Waals surface area contributed by atoms with Crippen LogP contribution in [0.15, 0.2) is 48.5 Å². The fourth-order valence-electron chi connectivity index (χ4n) is 4.32. The van der Waals surface area contributed by atoms with Crippen LogP contribution in [-0.2, 0) is 9.59 Å². The lowest BCUT2D eigenvalue weighted by molar-refractivity contribution is -0.124. The highest BCUT2D eigenvalue weighted by molar-refractivity contribution is 6.22. The molecule has 1 saturated carbocycles. The second-order valence-electron chi connectivity index (χ2n) is 7.92. The van der Waals surface area contributed by atoms with Gasteiger partial charge in [-0.05, 0) is 61.7 Å². The van der Waals surface area contributed by atoms with Gasteiger partial charge in [0.2, 0.25) is 5.91 Å². The van der Waals surface area contributed by atoms with E-state index in [1.807, 2.05) is 13.0 Å². The van der Waals surface area contributed by atoms with Crippen molar-refractivity contribution < 1.29 is 18.8 Å². The highest BCUT2D eigenvalue weighted by Gasteiger charge is 2.49. The zero-order chi connectivity index (χ0) is 21.3. The molecule has 4 amide bonds. The van der Waals surface area contributed by atoms with Gasteiger partial charge >= 0.3 is 6.03 Å². The minimum absolute atomic E-state index is 0.0418. The number of benzene rings is 2. The first-order valence-electron chi connectivity index (χ1n) is 10.2. The fourth-order valence-corrected chi connectivity index (χ4v) is 4.32. The molecule has 0 aromatic heterocycles. The van der Waals surface area contributed by atoms with E-state index in [0.29, 0.717) is 11.4 Å². The van der Waals surface area contributed by atoms with Gasteiger partial charge in [0.15, 0.2) is 0 Å². The van der Waals surface area contributed by atoms with E-state index in [-0.39, 0.29) is 30.3 Å². The lowest BCUT2D eigenvalue weighted by atomic mass is 10.1. The van der Waals surface area contributed by atoms with Crippen LogP contribution in [0.25, 0.3) is 0 Å². The van der Waals surface area contributed by atoms with E-state index in [4.69, 9.17) is 0 Å². The molecule has 6 nitrogen and oxygen atoms in total. The van der Waals surface area contributed by atoms with Crippen molar-refractivity contribution in [3.05, 3.63) is 59.9 Å². The Bertz CT molecular complexity index is 970. The Morgan fingerprint density at radius 2 is 1.80 bits per heavy atom. The summed E-state index contributed by atoms with van der Waals surface area (Å²) in [6.45, 7) is 1.90. The molecule has 0 spiro atoms. The minimum Gasteiger partial charge on any atom is -0.326 e. The molecule has 0 bridgehead atoms.